The van der Waals surface area contributed by atoms with E-state index in [1.807, 2.05) is 6.07 Å². The molecule has 9 heteroatoms. The van der Waals surface area contributed by atoms with Crippen molar-refractivity contribution in [3.63, 3.8) is 0 Å². The Bertz CT molecular complexity index is 971. The number of anilines is 1. The van der Waals surface area contributed by atoms with Crippen molar-refractivity contribution in [3.05, 3.63) is 54.1 Å². The van der Waals surface area contributed by atoms with Crippen molar-refractivity contribution < 1.29 is 27.5 Å². The highest BCUT2D eigenvalue weighted by Crippen LogP contribution is 2.28. The molecule has 28 heavy (non-hydrogen) atoms. The number of rotatable bonds is 8. The summed E-state index contributed by atoms with van der Waals surface area (Å²) >= 11 is 0. The van der Waals surface area contributed by atoms with Gasteiger partial charge in [-0.3, -0.25) is 4.79 Å². The maximum atomic E-state index is 12.5. The number of hydrogen-bond acceptors (Lipinski definition) is 6. The molecule has 0 unspecified atom stereocenters. The molecule has 1 aliphatic carbocycles. The van der Waals surface area contributed by atoms with Gasteiger partial charge in [0.1, 0.15) is 10.6 Å². The van der Waals surface area contributed by atoms with Gasteiger partial charge >= 0.3 is 5.97 Å². The van der Waals surface area contributed by atoms with E-state index in [0.717, 1.165) is 12.8 Å². The third-order valence-corrected chi connectivity index (χ3v) is 5.52. The molecule has 0 saturated heterocycles. The van der Waals surface area contributed by atoms with Crippen LogP contribution in [-0.2, 0) is 19.6 Å². The molecule has 0 heterocycles. The van der Waals surface area contributed by atoms with E-state index >= 15 is 0 Å². The number of ether oxygens (including phenoxy) is 2. The smallest absolute Gasteiger partial charge is 0.338 e. The first-order valence-electron chi connectivity index (χ1n) is 8.61. The van der Waals surface area contributed by atoms with Crippen LogP contribution in [0.15, 0.2) is 53.4 Å². The first-order valence-corrected chi connectivity index (χ1v) is 10.1. The number of carbonyl (C=O) groups excluding carboxylic acids is 2. The summed E-state index contributed by atoms with van der Waals surface area (Å²) < 4.78 is 37.6. The molecule has 0 aliphatic heterocycles. The highest BCUT2D eigenvalue weighted by atomic mass is 32.2. The van der Waals surface area contributed by atoms with Gasteiger partial charge in [0, 0.05) is 11.7 Å². The highest BCUT2D eigenvalue weighted by Gasteiger charge is 2.30. The summed E-state index contributed by atoms with van der Waals surface area (Å²) in [7, 11) is -2.49. The maximum Gasteiger partial charge on any atom is 0.338 e. The standard InChI is InChI=1S/C19H20N2O6S/c1-26-16-10-7-13(11-17(16)28(24,25)21-15-8-9-15)19(23)27-12-18(22)20-14-5-3-2-4-6-14/h2-7,10-11,15,21H,8-9,12H2,1H3,(H,20,22). The van der Waals surface area contributed by atoms with E-state index in [4.69, 9.17) is 9.47 Å². The first kappa shape index (κ1) is 19.8. The summed E-state index contributed by atoms with van der Waals surface area (Å²) in [6.07, 6.45) is 1.56. The van der Waals surface area contributed by atoms with Crippen molar-refractivity contribution in [3.8, 4) is 5.75 Å². The summed E-state index contributed by atoms with van der Waals surface area (Å²) in [5.74, 6) is -1.20. The van der Waals surface area contributed by atoms with Crippen LogP contribution in [0.2, 0.25) is 0 Å². The van der Waals surface area contributed by atoms with Crippen molar-refractivity contribution in [2.24, 2.45) is 0 Å². The lowest BCUT2D eigenvalue weighted by atomic mass is 10.2. The van der Waals surface area contributed by atoms with Crippen molar-refractivity contribution >= 4 is 27.6 Å². The SMILES string of the molecule is COc1ccc(C(=O)OCC(=O)Nc2ccccc2)cc1S(=O)(=O)NC1CC1. The van der Waals surface area contributed by atoms with Crippen molar-refractivity contribution in [2.45, 2.75) is 23.8 Å². The fraction of sp³-hybridized carbons (Fsp3) is 0.263. The molecule has 1 saturated carbocycles. The van der Waals surface area contributed by atoms with Gasteiger partial charge in [-0.15, -0.1) is 0 Å². The Morgan fingerprint density at radius 2 is 1.82 bits per heavy atom. The second-order valence-electron chi connectivity index (χ2n) is 6.25. The fourth-order valence-corrected chi connectivity index (χ4v) is 3.93. The monoisotopic (exact) mass is 404 g/mol. The first-order chi connectivity index (χ1) is 13.4. The molecule has 0 bridgehead atoms. The van der Waals surface area contributed by atoms with Gasteiger partial charge in [-0.1, -0.05) is 18.2 Å². The molecule has 1 fully saturated rings. The second-order valence-corrected chi connectivity index (χ2v) is 7.93. The minimum Gasteiger partial charge on any atom is -0.495 e. The molecule has 1 aliphatic rings. The number of esters is 1. The molecule has 1 amide bonds. The predicted octanol–water partition coefficient (Wildman–Crippen LogP) is 1.93. The van der Waals surface area contributed by atoms with Gasteiger partial charge in [-0.05, 0) is 43.2 Å². The van der Waals surface area contributed by atoms with Crippen LogP contribution in [0.25, 0.3) is 0 Å². The van der Waals surface area contributed by atoms with Gasteiger partial charge < -0.3 is 14.8 Å². The number of amides is 1. The quantitative estimate of drug-likeness (QED) is 0.651. The third kappa shape index (κ3) is 5.08. The highest BCUT2D eigenvalue weighted by molar-refractivity contribution is 7.89. The lowest BCUT2D eigenvalue weighted by Crippen LogP contribution is -2.26. The number of methoxy groups -OCH3 is 1. The molecule has 2 aromatic carbocycles. The summed E-state index contributed by atoms with van der Waals surface area (Å²) in [6.45, 7) is -0.498. The lowest BCUT2D eigenvalue weighted by molar-refractivity contribution is -0.119. The van der Waals surface area contributed by atoms with Gasteiger partial charge in [0.2, 0.25) is 10.0 Å². The van der Waals surface area contributed by atoms with E-state index in [1.54, 1.807) is 24.3 Å². The van der Waals surface area contributed by atoms with Crippen LogP contribution in [0, 0.1) is 0 Å². The number of para-hydroxylation sites is 1. The Morgan fingerprint density at radius 1 is 1.11 bits per heavy atom. The van der Waals surface area contributed by atoms with Crippen LogP contribution < -0.4 is 14.8 Å². The van der Waals surface area contributed by atoms with E-state index in [0.29, 0.717) is 5.69 Å². The average Bonchev–Trinajstić information content (AvgIpc) is 3.49. The van der Waals surface area contributed by atoms with Crippen LogP contribution in [0.5, 0.6) is 5.75 Å². The summed E-state index contributed by atoms with van der Waals surface area (Å²) in [5.41, 5.74) is 0.581. The molecule has 8 nitrogen and oxygen atoms in total. The zero-order valence-electron chi connectivity index (χ0n) is 15.2. The number of sulfonamides is 1. The zero-order chi connectivity index (χ0) is 20.1. The average molecular weight is 404 g/mol. The summed E-state index contributed by atoms with van der Waals surface area (Å²) in [4.78, 5) is 24.0. The summed E-state index contributed by atoms with van der Waals surface area (Å²) in [5, 5.41) is 2.59. The van der Waals surface area contributed by atoms with Gasteiger partial charge in [0.05, 0.1) is 12.7 Å². The van der Waals surface area contributed by atoms with Gasteiger partial charge in [-0.2, -0.15) is 0 Å². The Morgan fingerprint density at radius 3 is 2.46 bits per heavy atom. The second kappa shape index (κ2) is 8.41. The minimum atomic E-state index is -3.83. The Kier molecular flexibility index (Phi) is 5.96. The molecule has 3 rings (SSSR count). The molecule has 2 aromatic rings. The van der Waals surface area contributed by atoms with Gasteiger partial charge in [0.25, 0.3) is 5.91 Å². The van der Waals surface area contributed by atoms with E-state index < -0.39 is 28.5 Å². The molecule has 0 radical (unpaired) electrons. The number of nitrogens with one attached hydrogen (secondary N) is 2. The molecule has 0 aromatic heterocycles. The Hall–Kier alpha value is -2.91. The molecule has 0 atom stereocenters. The molecule has 0 spiro atoms. The van der Waals surface area contributed by atoms with Crippen LogP contribution in [0.4, 0.5) is 5.69 Å². The third-order valence-electron chi connectivity index (χ3n) is 3.98. The van der Waals surface area contributed by atoms with Crippen LogP contribution in [-0.4, -0.2) is 40.1 Å². The largest absolute Gasteiger partial charge is 0.495 e. The molecular formula is C19H20N2O6S. The van der Waals surface area contributed by atoms with E-state index in [-0.39, 0.29) is 22.3 Å². The Balaban J connectivity index is 1.67. The van der Waals surface area contributed by atoms with Crippen LogP contribution in [0.3, 0.4) is 0 Å². The molecular weight excluding hydrogens is 384 g/mol. The summed E-state index contributed by atoms with van der Waals surface area (Å²) in [6, 6.07) is 12.6. The van der Waals surface area contributed by atoms with Crippen molar-refractivity contribution in [1.29, 1.82) is 0 Å². The van der Waals surface area contributed by atoms with Gasteiger partial charge in [-0.25, -0.2) is 17.9 Å². The van der Waals surface area contributed by atoms with E-state index in [1.165, 1.54) is 25.3 Å². The maximum absolute atomic E-state index is 12.5. The Labute approximate surface area is 162 Å². The zero-order valence-corrected chi connectivity index (χ0v) is 16.0. The van der Waals surface area contributed by atoms with Crippen LogP contribution in [0.1, 0.15) is 23.2 Å². The minimum absolute atomic E-state index is 0.00415. The van der Waals surface area contributed by atoms with Crippen molar-refractivity contribution in [2.75, 3.05) is 19.0 Å². The normalized spacial score (nSPS) is 13.6. The number of hydrogen-bond donors (Lipinski definition) is 2. The fourth-order valence-electron chi connectivity index (χ4n) is 2.43. The topological polar surface area (TPSA) is 111 Å². The van der Waals surface area contributed by atoms with Gasteiger partial charge in [0.15, 0.2) is 6.61 Å². The van der Waals surface area contributed by atoms with Crippen LogP contribution >= 0.6 is 0 Å². The molecule has 2 N–H and O–H groups in total. The number of benzene rings is 2. The molecule has 148 valence electrons. The predicted molar refractivity (Wildman–Crippen MR) is 102 cm³/mol. The van der Waals surface area contributed by atoms with E-state index in [2.05, 4.69) is 10.0 Å². The van der Waals surface area contributed by atoms with E-state index in [9.17, 15) is 18.0 Å². The number of carbonyl (C=O) groups is 2. The lowest BCUT2D eigenvalue weighted by Gasteiger charge is -2.12. The van der Waals surface area contributed by atoms with Crippen molar-refractivity contribution in [1.82, 2.24) is 4.72 Å².